The number of piperidine rings is 1. The van der Waals surface area contributed by atoms with E-state index in [1.807, 2.05) is 11.6 Å². The highest BCUT2D eigenvalue weighted by molar-refractivity contribution is 4.87. The summed E-state index contributed by atoms with van der Waals surface area (Å²) in [4.78, 5) is 2.50. The van der Waals surface area contributed by atoms with E-state index in [4.69, 9.17) is 0 Å². The van der Waals surface area contributed by atoms with Crippen molar-refractivity contribution >= 4 is 0 Å². The van der Waals surface area contributed by atoms with Crippen molar-refractivity contribution in [3.63, 3.8) is 0 Å². The number of aryl methyl sites for hydroxylation is 1. The van der Waals surface area contributed by atoms with E-state index < -0.39 is 0 Å². The van der Waals surface area contributed by atoms with Crippen LogP contribution in [0.4, 0.5) is 0 Å². The van der Waals surface area contributed by atoms with Crippen LogP contribution in [0.1, 0.15) is 25.6 Å². The third-order valence-corrected chi connectivity index (χ3v) is 3.38. The quantitative estimate of drug-likeness (QED) is 0.802. The van der Waals surface area contributed by atoms with Crippen LogP contribution in [0, 0.1) is 0 Å². The molecule has 1 aromatic rings. The van der Waals surface area contributed by atoms with Crippen LogP contribution in [0.15, 0.2) is 6.33 Å². The maximum absolute atomic E-state index is 4.15. The Morgan fingerprint density at radius 3 is 2.81 bits per heavy atom. The first-order valence-electron chi connectivity index (χ1n) is 6.09. The Morgan fingerprint density at radius 1 is 1.50 bits per heavy atom. The molecule has 5 heteroatoms. The summed E-state index contributed by atoms with van der Waals surface area (Å²) in [7, 11) is 2.01. The van der Waals surface area contributed by atoms with Crippen LogP contribution >= 0.6 is 0 Å². The topological polar surface area (TPSA) is 46.0 Å². The highest BCUT2D eigenvalue weighted by Crippen LogP contribution is 2.13. The zero-order chi connectivity index (χ0) is 11.4. The molecule has 0 spiro atoms. The molecule has 1 aliphatic rings. The van der Waals surface area contributed by atoms with Gasteiger partial charge in [-0.25, -0.2) is 0 Å². The van der Waals surface area contributed by atoms with Crippen molar-refractivity contribution in [2.75, 3.05) is 19.6 Å². The molecule has 0 bridgehead atoms. The SMILES string of the molecule is CCN(Cc1nncn1C)C1CCNCC1. The number of hydrogen-bond acceptors (Lipinski definition) is 4. The van der Waals surface area contributed by atoms with Gasteiger partial charge in [-0.15, -0.1) is 10.2 Å². The zero-order valence-electron chi connectivity index (χ0n) is 10.2. The minimum absolute atomic E-state index is 0.697. The van der Waals surface area contributed by atoms with Crippen LogP contribution in [-0.4, -0.2) is 45.3 Å². The average molecular weight is 223 g/mol. The van der Waals surface area contributed by atoms with E-state index in [0.717, 1.165) is 32.0 Å². The first kappa shape index (κ1) is 11.5. The van der Waals surface area contributed by atoms with E-state index >= 15 is 0 Å². The van der Waals surface area contributed by atoms with E-state index in [0.29, 0.717) is 6.04 Å². The summed E-state index contributed by atoms with van der Waals surface area (Å²) in [5.74, 6) is 1.06. The summed E-state index contributed by atoms with van der Waals surface area (Å²) in [6.07, 6.45) is 4.25. The summed E-state index contributed by atoms with van der Waals surface area (Å²) in [6.45, 7) is 6.49. The van der Waals surface area contributed by atoms with E-state index in [1.54, 1.807) is 6.33 Å². The van der Waals surface area contributed by atoms with Crippen molar-refractivity contribution in [1.82, 2.24) is 25.0 Å². The summed E-state index contributed by atoms with van der Waals surface area (Å²) in [5, 5.41) is 11.5. The second-order valence-corrected chi connectivity index (χ2v) is 4.40. The largest absolute Gasteiger partial charge is 0.320 e. The second kappa shape index (κ2) is 5.41. The zero-order valence-corrected chi connectivity index (χ0v) is 10.2. The minimum Gasteiger partial charge on any atom is -0.320 e. The Balaban J connectivity index is 1.97. The van der Waals surface area contributed by atoms with E-state index in [9.17, 15) is 0 Å². The first-order chi connectivity index (χ1) is 7.81. The van der Waals surface area contributed by atoms with Gasteiger partial charge in [0.25, 0.3) is 0 Å². The van der Waals surface area contributed by atoms with Crippen molar-refractivity contribution in [1.29, 1.82) is 0 Å². The highest BCUT2D eigenvalue weighted by atomic mass is 15.3. The fraction of sp³-hybridized carbons (Fsp3) is 0.818. The first-order valence-corrected chi connectivity index (χ1v) is 6.09. The second-order valence-electron chi connectivity index (χ2n) is 4.40. The molecule has 0 saturated carbocycles. The van der Waals surface area contributed by atoms with Gasteiger partial charge in [-0.1, -0.05) is 6.92 Å². The van der Waals surface area contributed by atoms with E-state index in [2.05, 4.69) is 27.3 Å². The van der Waals surface area contributed by atoms with Gasteiger partial charge in [-0.05, 0) is 32.5 Å². The molecule has 90 valence electrons. The highest BCUT2D eigenvalue weighted by Gasteiger charge is 2.20. The van der Waals surface area contributed by atoms with E-state index in [1.165, 1.54) is 12.8 Å². The maximum atomic E-state index is 4.15. The average Bonchev–Trinajstić information content (AvgIpc) is 2.73. The van der Waals surface area contributed by atoms with Gasteiger partial charge < -0.3 is 9.88 Å². The summed E-state index contributed by atoms with van der Waals surface area (Å²) >= 11 is 0. The fourth-order valence-electron chi connectivity index (χ4n) is 2.30. The summed E-state index contributed by atoms with van der Waals surface area (Å²) < 4.78 is 2.00. The lowest BCUT2D eigenvalue weighted by atomic mass is 10.0. The van der Waals surface area contributed by atoms with Crippen LogP contribution in [0.25, 0.3) is 0 Å². The van der Waals surface area contributed by atoms with Crippen molar-refractivity contribution in [2.45, 2.75) is 32.4 Å². The lowest BCUT2D eigenvalue weighted by Crippen LogP contribution is -2.43. The molecule has 0 unspecified atom stereocenters. The van der Waals surface area contributed by atoms with Gasteiger partial charge in [0.15, 0.2) is 0 Å². The molecule has 2 rings (SSSR count). The predicted octanol–water partition coefficient (Wildman–Crippen LogP) is 0.389. The molecular formula is C11H21N5. The fourth-order valence-corrected chi connectivity index (χ4v) is 2.30. The van der Waals surface area contributed by atoms with Crippen LogP contribution in [0.5, 0.6) is 0 Å². The monoisotopic (exact) mass is 223 g/mol. The van der Waals surface area contributed by atoms with Crippen molar-refractivity contribution in [2.24, 2.45) is 7.05 Å². The van der Waals surface area contributed by atoms with Crippen LogP contribution < -0.4 is 5.32 Å². The molecule has 0 aliphatic carbocycles. The van der Waals surface area contributed by atoms with Gasteiger partial charge in [0.1, 0.15) is 12.2 Å². The van der Waals surface area contributed by atoms with Gasteiger partial charge in [-0.2, -0.15) is 0 Å². The molecule has 5 nitrogen and oxygen atoms in total. The van der Waals surface area contributed by atoms with E-state index in [-0.39, 0.29) is 0 Å². The summed E-state index contributed by atoms with van der Waals surface area (Å²) in [6, 6.07) is 0.697. The molecular weight excluding hydrogens is 202 g/mol. The Bertz CT molecular complexity index is 316. The lowest BCUT2D eigenvalue weighted by molar-refractivity contribution is 0.157. The van der Waals surface area contributed by atoms with Crippen LogP contribution in [-0.2, 0) is 13.6 Å². The van der Waals surface area contributed by atoms with Gasteiger partial charge in [0, 0.05) is 13.1 Å². The van der Waals surface area contributed by atoms with Gasteiger partial charge >= 0.3 is 0 Å². The Hall–Kier alpha value is -0.940. The van der Waals surface area contributed by atoms with Crippen LogP contribution in [0.2, 0.25) is 0 Å². The van der Waals surface area contributed by atoms with Gasteiger partial charge in [0.05, 0.1) is 6.54 Å². The Kier molecular flexibility index (Phi) is 3.90. The number of rotatable bonds is 4. The smallest absolute Gasteiger partial charge is 0.146 e. The van der Waals surface area contributed by atoms with Crippen LogP contribution in [0.3, 0.4) is 0 Å². The minimum atomic E-state index is 0.697. The molecule has 0 amide bonds. The van der Waals surface area contributed by atoms with Gasteiger partial charge in [-0.3, -0.25) is 4.90 Å². The predicted molar refractivity (Wildman–Crippen MR) is 63.0 cm³/mol. The molecule has 1 N–H and O–H groups in total. The number of nitrogens with one attached hydrogen (secondary N) is 1. The maximum Gasteiger partial charge on any atom is 0.146 e. The molecule has 2 heterocycles. The molecule has 0 radical (unpaired) electrons. The molecule has 1 fully saturated rings. The van der Waals surface area contributed by atoms with Crippen molar-refractivity contribution in [3.8, 4) is 0 Å². The molecule has 0 atom stereocenters. The standard InChI is InChI=1S/C11H21N5/c1-3-16(10-4-6-12-7-5-10)8-11-14-13-9-15(11)2/h9-10,12H,3-8H2,1-2H3. The molecule has 0 aromatic carbocycles. The number of hydrogen-bond donors (Lipinski definition) is 1. The normalized spacial score (nSPS) is 18.2. The lowest BCUT2D eigenvalue weighted by Gasteiger charge is -2.33. The molecule has 1 saturated heterocycles. The number of aromatic nitrogens is 3. The number of nitrogens with zero attached hydrogens (tertiary/aromatic N) is 4. The van der Waals surface area contributed by atoms with Crippen molar-refractivity contribution in [3.05, 3.63) is 12.2 Å². The molecule has 1 aliphatic heterocycles. The molecule has 16 heavy (non-hydrogen) atoms. The Morgan fingerprint density at radius 2 is 2.25 bits per heavy atom. The third kappa shape index (κ3) is 2.59. The Labute approximate surface area is 96.8 Å². The third-order valence-electron chi connectivity index (χ3n) is 3.38. The van der Waals surface area contributed by atoms with Crippen molar-refractivity contribution < 1.29 is 0 Å². The summed E-state index contributed by atoms with van der Waals surface area (Å²) in [5.41, 5.74) is 0. The molecule has 1 aromatic heterocycles. The van der Waals surface area contributed by atoms with Gasteiger partial charge in [0.2, 0.25) is 0 Å².